The van der Waals surface area contributed by atoms with Crippen LogP contribution in [-0.4, -0.2) is 26.6 Å². The van der Waals surface area contributed by atoms with Crippen LogP contribution in [0.3, 0.4) is 0 Å². The topological polar surface area (TPSA) is 70.9 Å². The van der Waals surface area contributed by atoms with Gasteiger partial charge in [-0.2, -0.15) is 15.0 Å². The maximum atomic E-state index is 9.28. The van der Waals surface area contributed by atoms with Gasteiger partial charge in [0.1, 0.15) is 5.75 Å². The summed E-state index contributed by atoms with van der Waals surface area (Å²) in [4.78, 5) is 13.7. The smallest absolute Gasteiger partial charge is 0.228 e. The van der Waals surface area contributed by atoms with Crippen molar-refractivity contribution in [2.45, 2.75) is 16.5 Å². The van der Waals surface area contributed by atoms with Crippen molar-refractivity contribution in [1.82, 2.24) is 15.0 Å². The normalized spacial score (nSPS) is 10.5. The molecule has 0 fully saturated rings. The minimum absolute atomic E-state index is 0.163. The molecule has 0 atom stereocenters. The Morgan fingerprint density at radius 1 is 0.958 bits per heavy atom. The molecule has 0 aliphatic carbocycles. The Labute approximate surface area is 149 Å². The van der Waals surface area contributed by atoms with Crippen molar-refractivity contribution in [2.24, 2.45) is 0 Å². The van der Waals surface area contributed by atoms with E-state index in [1.165, 1.54) is 11.8 Å². The van der Waals surface area contributed by atoms with Crippen molar-refractivity contribution in [3.63, 3.8) is 0 Å². The molecule has 5 nitrogen and oxygen atoms in total. The highest BCUT2D eigenvalue weighted by Crippen LogP contribution is 2.25. The summed E-state index contributed by atoms with van der Waals surface area (Å²) in [7, 11) is 0. The van der Waals surface area contributed by atoms with Gasteiger partial charge in [0.15, 0.2) is 5.16 Å². The molecule has 0 spiro atoms. The monoisotopic (exact) mass is 358 g/mol. The van der Waals surface area contributed by atoms with Gasteiger partial charge in [-0.15, -0.1) is 0 Å². The predicted molar refractivity (Wildman–Crippen MR) is 95.7 cm³/mol. The highest BCUT2D eigenvalue weighted by Gasteiger charge is 2.06. The second kappa shape index (κ2) is 7.99. The summed E-state index contributed by atoms with van der Waals surface area (Å²) in [6.07, 6.45) is 0.782. The number of hydrogen-bond acceptors (Lipinski definition) is 6. The quantitative estimate of drug-likeness (QED) is 0.693. The molecular formula is C17H15ClN4OS. The first kappa shape index (κ1) is 16.5. The molecule has 0 bridgehead atoms. The van der Waals surface area contributed by atoms with Crippen molar-refractivity contribution in [3.05, 3.63) is 65.4 Å². The lowest BCUT2D eigenvalue weighted by atomic mass is 10.1. The standard InChI is InChI=1S/C17H15ClN4OS/c18-15-20-16(19-11-10-12-6-8-13(23)9-7-12)22-17(21-15)24-14-4-2-1-3-5-14/h1-9,23H,10-11H2,(H,19,20,21,22). The maximum Gasteiger partial charge on any atom is 0.228 e. The number of aromatic hydroxyl groups is 1. The Kier molecular flexibility index (Phi) is 5.51. The molecule has 2 aromatic carbocycles. The van der Waals surface area contributed by atoms with E-state index < -0.39 is 0 Å². The lowest BCUT2D eigenvalue weighted by Crippen LogP contribution is -2.09. The lowest BCUT2D eigenvalue weighted by molar-refractivity contribution is 0.475. The van der Waals surface area contributed by atoms with Crippen LogP contribution < -0.4 is 5.32 Å². The number of rotatable bonds is 6. The lowest BCUT2D eigenvalue weighted by Gasteiger charge is -2.07. The Morgan fingerprint density at radius 2 is 1.71 bits per heavy atom. The van der Waals surface area contributed by atoms with E-state index in [0.29, 0.717) is 17.6 Å². The zero-order valence-electron chi connectivity index (χ0n) is 12.7. The van der Waals surface area contributed by atoms with Gasteiger partial charge in [0.05, 0.1) is 0 Å². The minimum Gasteiger partial charge on any atom is -0.508 e. The highest BCUT2D eigenvalue weighted by molar-refractivity contribution is 7.99. The van der Waals surface area contributed by atoms with Gasteiger partial charge in [-0.25, -0.2) is 0 Å². The SMILES string of the molecule is Oc1ccc(CCNc2nc(Cl)nc(Sc3ccccc3)n2)cc1. The van der Waals surface area contributed by atoms with Crippen LogP contribution in [0.25, 0.3) is 0 Å². The van der Waals surface area contributed by atoms with Crippen LogP contribution in [0.15, 0.2) is 64.6 Å². The van der Waals surface area contributed by atoms with E-state index >= 15 is 0 Å². The van der Waals surface area contributed by atoms with Crippen molar-refractivity contribution in [2.75, 3.05) is 11.9 Å². The van der Waals surface area contributed by atoms with Crippen LogP contribution in [0.4, 0.5) is 5.95 Å². The average Bonchev–Trinajstić information content (AvgIpc) is 2.57. The van der Waals surface area contributed by atoms with E-state index in [1.54, 1.807) is 12.1 Å². The molecule has 0 aliphatic rings. The third-order valence-electron chi connectivity index (χ3n) is 3.17. The van der Waals surface area contributed by atoms with Crippen LogP contribution >= 0.6 is 23.4 Å². The summed E-state index contributed by atoms with van der Waals surface area (Å²) in [6.45, 7) is 0.653. The van der Waals surface area contributed by atoms with Gasteiger partial charge >= 0.3 is 0 Å². The molecule has 24 heavy (non-hydrogen) atoms. The molecule has 0 saturated heterocycles. The van der Waals surface area contributed by atoms with Gasteiger partial charge < -0.3 is 10.4 Å². The molecule has 1 aromatic heterocycles. The van der Waals surface area contributed by atoms with E-state index in [1.807, 2.05) is 42.5 Å². The number of hydrogen-bond donors (Lipinski definition) is 2. The van der Waals surface area contributed by atoms with Gasteiger partial charge in [-0.05, 0) is 59.6 Å². The fourth-order valence-corrected chi connectivity index (χ4v) is 3.01. The first-order chi connectivity index (χ1) is 11.7. The fourth-order valence-electron chi connectivity index (χ4n) is 2.03. The Bertz CT molecular complexity index is 799. The molecule has 0 aliphatic heterocycles. The van der Waals surface area contributed by atoms with Crippen LogP contribution in [0.2, 0.25) is 5.28 Å². The molecule has 2 N–H and O–H groups in total. The van der Waals surface area contributed by atoms with Crippen molar-refractivity contribution in [1.29, 1.82) is 0 Å². The van der Waals surface area contributed by atoms with Crippen molar-refractivity contribution >= 4 is 29.3 Å². The van der Waals surface area contributed by atoms with Gasteiger partial charge in [0.2, 0.25) is 11.2 Å². The molecule has 0 saturated carbocycles. The van der Waals surface area contributed by atoms with E-state index in [0.717, 1.165) is 16.9 Å². The zero-order valence-corrected chi connectivity index (χ0v) is 14.3. The number of nitrogens with one attached hydrogen (secondary N) is 1. The van der Waals surface area contributed by atoms with Crippen molar-refractivity contribution < 1.29 is 5.11 Å². The molecule has 7 heteroatoms. The van der Waals surface area contributed by atoms with E-state index in [2.05, 4.69) is 20.3 Å². The summed E-state index contributed by atoms with van der Waals surface area (Å²) < 4.78 is 0. The van der Waals surface area contributed by atoms with Gasteiger partial charge in [0, 0.05) is 11.4 Å². The third-order valence-corrected chi connectivity index (χ3v) is 4.22. The Morgan fingerprint density at radius 3 is 2.46 bits per heavy atom. The van der Waals surface area contributed by atoms with E-state index in [-0.39, 0.29) is 11.0 Å². The fraction of sp³-hybridized carbons (Fsp3) is 0.118. The van der Waals surface area contributed by atoms with E-state index in [4.69, 9.17) is 11.6 Å². The largest absolute Gasteiger partial charge is 0.508 e. The number of aromatic nitrogens is 3. The molecule has 1 heterocycles. The van der Waals surface area contributed by atoms with Gasteiger partial charge in [-0.3, -0.25) is 0 Å². The summed E-state index contributed by atoms with van der Waals surface area (Å²) in [5.41, 5.74) is 1.11. The summed E-state index contributed by atoms with van der Waals surface area (Å²) in [6, 6.07) is 17.0. The third kappa shape index (κ3) is 4.84. The summed E-state index contributed by atoms with van der Waals surface area (Å²) in [5, 5.41) is 13.1. The van der Waals surface area contributed by atoms with Gasteiger partial charge in [0.25, 0.3) is 0 Å². The summed E-state index contributed by atoms with van der Waals surface area (Å²) in [5.74, 6) is 0.714. The van der Waals surface area contributed by atoms with E-state index in [9.17, 15) is 5.11 Å². The number of phenols is 1. The zero-order chi connectivity index (χ0) is 16.8. The Balaban J connectivity index is 1.62. The number of nitrogens with zero attached hydrogens (tertiary/aromatic N) is 3. The van der Waals surface area contributed by atoms with Crippen LogP contribution in [0, 0.1) is 0 Å². The second-order valence-electron chi connectivity index (χ2n) is 4.97. The number of anilines is 1. The van der Waals surface area contributed by atoms with Crippen LogP contribution in [-0.2, 0) is 6.42 Å². The second-order valence-corrected chi connectivity index (χ2v) is 6.35. The average molecular weight is 359 g/mol. The number of phenolic OH excluding ortho intramolecular Hbond substituents is 1. The first-order valence-electron chi connectivity index (χ1n) is 7.35. The minimum atomic E-state index is 0.163. The Hall–Kier alpha value is -2.31. The van der Waals surface area contributed by atoms with Gasteiger partial charge in [-0.1, -0.05) is 30.3 Å². The molecule has 0 amide bonds. The molecule has 3 rings (SSSR count). The van der Waals surface area contributed by atoms with Crippen LogP contribution in [0.1, 0.15) is 5.56 Å². The first-order valence-corrected chi connectivity index (χ1v) is 8.55. The van der Waals surface area contributed by atoms with Crippen LogP contribution in [0.5, 0.6) is 5.75 Å². The summed E-state index contributed by atoms with van der Waals surface area (Å²) >= 11 is 7.42. The highest BCUT2D eigenvalue weighted by atomic mass is 35.5. The maximum absolute atomic E-state index is 9.28. The number of benzene rings is 2. The molecular weight excluding hydrogens is 344 g/mol. The predicted octanol–water partition coefficient (Wildman–Crippen LogP) is 4.04. The molecule has 122 valence electrons. The molecule has 0 radical (unpaired) electrons. The molecule has 0 unspecified atom stereocenters. The molecule has 3 aromatic rings. The number of halogens is 1. The van der Waals surface area contributed by atoms with Crippen molar-refractivity contribution in [3.8, 4) is 5.75 Å².